The number of carboxylic acid groups (broad SMARTS) is 1. The summed E-state index contributed by atoms with van der Waals surface area (Å²) in [7, 11) is 0. The molecule has 2 heterocycles. The van der Waals surface area contributed by atoms with Gasteiger partial charge in [0, 0.05) is 10.6 Å². The zero-order chi connectivity index (χ0) is 13.1. The number of thiophene rings is 1. The number of thioether (sulfide) groups is 1. The van der Waals surface area contributed by atoms with E-state index in [2.05, 4.69) is 30.1 Å². The van der Waals surface area contributed by atoms with Crippen LogP contribution in [-0.4, -0.2) is 27.0 Å². The van der Waals surface area contributed by atoms with E-state index >= 15 is 0 Å². The summed E-state index contributed by atoms with van der Waals surface area (Å²) in [6.45, 7) is 4.17. The molecule has 96 valence electrons. The zero-order valence-corrected chi connectivity index (χ0v) is 12.4. The van der Waals surface area contributed by atoms with Crippen molar-refractivity contribution in [1.82, 2.24) is 10.2 Å². The average molecular weight is 300 g/mol. The maximum Gasteiger partial charge on any atom is 0.304 e. The van der Waals surface area contributed by atoms with Crippen molar-refractivity contribution in [2.75, 3.05) is 5.75 Å². The monoisotopic (exact) mass is 300 g/mol. The van der Waals surface area contributed by atoms with Gasteiger partial charge in [-0.2, -0.15) is 0 Å². The fraction of sp³-hybridized carbons (Fsp3) is 0.364. The number of carbonyl (C=O) groups is 1. The van der Waals surface area contributed by atoms with E-state index in [0.29, 0.717) is 5.75 Å². The number of hydrogen-bond donors (Lipinski definition) is 1. The molecule has 0 unspecified atom stereocenters. The number of aliphatic carboxylic acids is 1. The van der Waals surface area contributed by atoms with Gasteiger partial charge in [0.15, 0.2) is 9.35 Å². The van der Waals surface area contributed by atoms with E-state index in [0.717, 1.165) is 14.2 Å². The van der Waals surface area contributed by atoms with Crippen LogP contribution in [-0.2, 0) is 4.79 Å². The highest BCUT2D eigenvalue weighted by Gasteiger charge is 2.11. The molecule has 1 N–H and O–H groups in total. The minimum Gasteiger partial charge on any atom is -0.481 e. The number of carboxylic acids is 1. The van der Waals surface area contributed by atoms with Gasteiger partial charge in [-0.05, 0) is 25.5 Å². The van der Waals surface area contributed by atoms with Gasteiger partial charge in [-0.25, -0.2) is 0 Å². The molecule has 0 atom stereocenters. The van der Waals surface area contributed by atoms with Gasteiger partial charge in [0.05, 0.1) is 11.3 Å². The summed E-state index contributed by atoms with van der Waals surface area (Å²) in [6, 6.07) is 2.12. The van der Waals surface area contributed by atoms with E-state index < -0.39 is 5.97 Å². The van der Waals surface area contributed by atoms with E-state index in [4.69, 9.17) is 5.11 Å². The smallest absolute Gasteiger partial charge is 0.304 e. The molecule has 7 heteroatoms. The van der Waals surface area contributed by atoms with Crippen LogP contribution < -0.4 is 0 Å². The Hall–Kier alpha value is -0.920. The molecule has 4 nitrogen and oxygen atoms in total. The lowest BCUT2D eigenvalue weighted by molar-refractivity contribution is -0.136. The number of aromatic nitrogens is 2. The second-order valence-electron chi connectivity index (χ2n) is 3.72. The number of rotatable bonds is 5. The maximum atomic E-state index is 10.4. The molecular weight excluding hydrogens is 288 g/mol. The second kappa shape index (κ2) is 5.81. The third-order valence-electron chi connectivity index (χ3n) is 2.32. The van der Waals surface area contributed by atoms with Crippen LogP contribution in [0.3, 0.4) is 0 Å². The Kier molecular flexibility index (Phi) is 4.36. The third kappa shape index (κ3) is 3.30. The minimum atomic E-state index is -0.781. The SMILES string of the molecule is Cc1cc(-c2nnc(SCCC(=O)O)s2)sc1C. The molecule has 0 saturated heterocycles. The van der Waals surface area contributed by atoms with Crippen molar-refractivity contribution < 1.29 is 9.90 Å². The molecule has 2 aromatic heterocycles. The Bertz CT molecular complexity index is 543. The molecule has 0 bridgehead atoms. The van der Waals surface area contributed by atoms with Crippen LogP contribution in [0.5, 0.6) is 0 Å². The third-order valence-corrected chi connectivity index (χ3v) is 5.70. The Morgan fingerprint density at radius 3 is 2.78 bits per heavy atom. The first-order chi connectivity index (χ1) is 8.56. The van der Waals surface area contributed by atoms with Crippen LogP contribution in [0.4, 0.5) is 0 Å². The molecule has 0 saturated carbocycles. The molecule has 0 radical (unpaired) electrons. The topological polar surface area (TPSA) is 63.1 Å². The largest absolute Gasteiger partial charge is 0.481 e. The van der Waals surface area contributed by atoms with Crippen molar-refractivity contribution in [2.45, 2.75) is 24.6 Å². The Balaban J connectivity index is 2.03. The Morgan fingerprint density at radius 1 is 1.39 bits per heavy atom. The maximum absolute atomic E-state index is 10.4. The van der Waals surface area contributed by atoms with Crippen LogP contribution in [0.15, 0.2) is 10.4 Å². The van der Waals surface area contributed by atoms with Crippen molar-refractivity contribution >= 4 is 40.4 Å². The summed E-state index contributed by atoms with van der Waals surface area (Å²) in [5.41, 5.74) is 1.27. The lowest BCUT2D eigenvalue weighted by Crippen LogP contribution is -1.95. The molecule has 0 aliphatic carbocycles. The van der Waals surface area contributed by atoms with Gasteiger partial charge >= 0.3 is 5.97 Å². The van der Waals surface area contributed by atoms with E-state index in [1.807, 2.05) is 0 Å². The molecule has 0 aliphatic rings. The second-order valence-corrected chi connectivity index (χ2v) is 7.29. The molecule has 18 heavy (non-hydrogen) atoms. The fourth-order valence-corrected chi connectivity index (χ4v) is 4.20. The minimum absolute atomic E-state index is 0.150. The van der Waals surface area contributed by atoms with Crippen molar-refractivity contribution in [2.24, 2.45) is 0 Å². The van der Waals surface area contributed by atoms with Gasteiger partial charge in [-0.3, -0.25) is 4.79 Å². The fourth-order valence-electron chi connectivity index (χ4n) is 1.27. The Labute approximate surface area is 117 Å². The summed E-state index contributed by atoms with van der Waals surface area (Å²) in [4.78, 5) is 12.8. The van der Waals surface area contributed by atoms with Gasteiger partial charge in [0.1, 0.15) is 0 Å². The van der Waals surface area contributed by atoms with Crippen molar-refractivity contribution in [3.63, 3.8) is 0 Å². The van der Waals surface area contributed by atoms with E-state index in [1.54, 1.807) is 11.3 Å². The average Bonchev–Trinajstić information content (AvgIpc) is 2.87. The van der Waals surface area contributed by atoms with E-state index in [-0.39, 0.29) is 6.42 Å². The molecule has 0 spiro atoms. The van der Waals surface area contributed by atoms with Gasteiger partial charge in [-0.15, -0.1) is 21.5 Å². The molecular formula is C11H12N2O2S3. The van der Waals surface area contributed by atoms with Gasteiger partial charge in [0.25, 0.3) is 0 Å². The standard InChI is InChI=1S/C11H12N2O2S3/c1-6-5-8(17-7(6)2)10-12-13-11(18-10)16-4-3-9(14)15/h5H,3-4H2,1-2H3,(H,14,15). The van der Waals surface area contributed by atoms with Crippen molar-refractivity contribution in [3.05, 3.63) is 16.5 Å². The van der Waals surface area contributed by atoms with Crippen LogP contribution >= 0.6 is 34.4 Å². The summed E-state index contributed by atoms with van der Waals surface area (Å²) >= 11 is 4.68. The first kappa shape index (κ1) is 13.5. The lowest BCUT2D eigenvalue weighted by Gasteiger charge is -1.91. The lowest BCUT2D eigenvalue weighted by atomic mass is 10.3. The number of nitrogens with zero attached hydrogens (tertiary/aromatic N) is 2. The Morgan fingerprint density at radius 2 is 2.17 bits per heavy atom. The molecule has 2 aromatic rings. The first-order valence-corrected chi connectivity index (χ1v) is 7.93. The highest BCUT2D eigenvalue weighted by Crippen LogP contribution is 2.35. The van der Waals surface area contributed by atoms with Crippen LogP contribution in [0.1, 0.15) is 16.9 Å². The zero-order valence-electron chi connectivity index (χ0n) is 9.97. The summed E-state index contributed by atoms with van der Waals surface area (Å²) in [6.07, 6.45) is 0.150. The molecule has 0 fully saturated rings. The molecule has 2 rings (SSSR count). The van der Waals surface area contributed by atoms with Crippen molar-refractivity contribution in [3.8, 4) is 9.88 Å². The number of aryl methyl sites for hydroxylation is 2. The summed E-state index contributed by atoms with van der Waals surface area (Å²) in [5.74, 6) is -0.247. The van der Waals surface area contributed by atoms with Gasteiger partial charge < -0.3 is 5.11 Å². The normalized spacial score (nSPS) is 10.8. The van der Waals surface area contributed by atoms with Gasteiger partial charge in [-0.1, -0.05) is 23.1 Å². The van der Waals surface area contributed by atoms with E-state index in [1.165, 1.54) is 33.5 Å². The van der Waals surface area contributed by atoms with Crippen LogP contribution in [0.25, 0.3) is 9.88 Å². The van der Waals surface area contributed by atoms with Crippen LogP contribution in [0, 0.1) is 13.8 Å². The highest BCUT2D eigenvalue weighted by molar-refractivity contribution is 8.01. The van der Waals surface area contributed by atoms with Gasteiger partial charge in [0.2, 0.25) is 0 Å². The highest BCUT2D eigenvalue weighted by atomic mass is 32.2. The summed E-state index contributed by atoms with van der Waals surface area (Å²) in [5, 5.41) is 17.7. The number of hydrogen-bond acceptors (Lipinski definition) is 6. The first-order valence-electron chi connectivity index (χ1n) is 5.32. The molecule has 0 aliphatic heterocycles. The van der Waals surface area contributed by atoms with Crippen LogP contribution in [0.2, 0.25) is 0 Å². The molecule has 0 amide bonds. The van der Waals surface area contributed by atoms with E-state index in [9.17, 15) is 4.79 Å². The quantitative estimate of drug-likeness (QED) is 0.857. The summed E-state index contributed by atoms with van der Waals surface area (Å²) < 4.78 is 0.829. The molecule has 0 aromatic carbocycles. The van der Waals surface area contributed by atoms with Crippen molar-refractivity contribution in [1.29, 1.82) is 0 Å². The predicted molar refractivity (Wildman–Crippen MR) is 75.7 cm³/mol. The predicted octanol–water partition coefficient (Wildman–Crippen LogP) is 3.45.